The number of nitrogens with two attached hydrogens (primary N) is 1. The molecule has 114 valence electrons. The number of hydrogen-bond acceptors (Lipinski definition) is 6. The first-order valence-electron chi connectivity index (χ1n) is 6.05. The average Bonchev–Trinajstić information content (AvgIpc) is 2.43. The molecule has 0 spiro atoms. The third-order valence-electron chi connectivity index (χ3n) is 2.22. The van der Waals surface area contributed by atoms with Gasteiger partial charge >= 0.3 is 5.97 Å². The SMILES string of the molecule is COc1cc(C=NNC(N)=S)ccc1OCCOC(C)=O. The molecule has 0 radical (unpaired) electrons. The van der Waals surface area contributed by atoms with Crippen molar-refractivity contribution in [2.45, 2.75) is 6.92 Å². The number of hydrogen-bond donors (Lipinski definition) is 2. The second kappa shape index (κ2) is 8.75. The Morgan fingerprint density at radius 1 is 1.43 bits per heavy atom. The average molecular weight is 311 g/mol. The Morgan fingerprint density at radius 3 is 2.81 bits per heavy atom. The van der Waals surface area contributed by atoms with E-state index in [1.165, 1.54) is 14.0 Å². The molecule has 0 fully saturated rings. The van der Waals surface area contributed by atoms with Gasteiger partial charge in [0.1, 0.15) is 13.2 Å². The Kier molecular flexibility index (Phi) is 6.96. The van der Waals surface area contributed by atoms with Crippen molar-refractivity contribution < 1.29 is 19.0 Å². The molecule has 0 aliphatic heterocycles. The van der Waals surface area contributed by atoms with Gasteiger partial charge < -0.3 is 19.9 Å². The predicted octanol–water partition coefficient (Wildman–Crippen LogP) is 0.804. The van der Waals surface area contributed by atoms with E-state index in [1.807, 2.05) is 0 Å². The summed E-state index contributed by atoms with van der Waals surface area (Å²) < 4.78 is 15.5. The number of carbonyl (C=O) groups is 1. The van der Waals surface area contributed by atoms with Crippen LogP contribution in [0.4, 0.5) is 0 Å². The molecule has 1 aromatic carbocycles. The van der Waals surface area contributed by atoms with Gasteiger partial charge in [-0.15, -0.1) is 0 Å². The van der Waals surface area contributed by atoms with E-state index in [-0.39, 0.29) is 24.3 Å². The molecular formula is C13H17N3O4S. The van der Waals surface area contributed by atoms with Gasteiger partial charge in [0.25, 0.3) is 0 Å². The number of nitrogens with one attached hydrogen (secondary N) is 1. The maximum Gasteiger partial charge on any atom is 0.302 e. The van der Waals surface area contributed by atoms with Gasteiger partial charge in [-0.3, -0.25) is 10.2 Å². The molecule has 8 heteroatoms. The van der Waals surface area contributed by atoms with Crippen LogP contribution in [-0.4, -0.2) is 37.6 Å². The maximum absolute atomic E-state index is 10.6. The van der Waals surface area contributed by atoms with Crippen LogP contribution in [0.2, 0.25) is 0 Å². The minimum atomic E-state index is -0.345. The van der Waals surface area contributed by atoms with E-state index in [0.29, 0.717) is 11.5 Å². The van der Waals surface area contributed by atoms with Crippen molar-refractivity contribution in [1.29, 1.82) is 0 Å². The number of ether oxygens (including phenoxy) is 3. The number of methoxy groups -OCH3 is 1. The van der Waals surface area contributed by atoms with E-state index in [0.717, 1.165) is 5.56 Å². The molecule has 7 nitrogen and oxygen atoms in total. The summed E-state index contributed by atoms with van der Waals surface area (Å²) in [7, 11) is 1.53. The summed E-state index contributed by atoms with van der Waals surface area (Å²) in [5.41, 5.74) is 8.49. The first kappa shape index (κ1) is 16.7. The van der Waals surface area contributed by atoms with E-state index in [4.69, 9.17) is 19.9 Å². The van der Waals surface area contributed by atoms with Crippen molar-refractivity contribution in [3.05, 3.63) is 23.8 Å². The minimum Gasteiger partial charge on any atom is -0.493 e. The van der Waals surface area contributed by atoms with Crippen LogP contribution >= 0.6 is 12.2 Å². The van der Waals surface area contributed by atoms with Crippen molar-refractivity contribution in [1.82, 2.24) is 5.43 Å². The van der Waals surface area contributed by atoms with Gasteiger partial charge in [0.15, 0.2) is 16.6 Å². The molecule has 0 saturated heterocycles. The smallest absolute Gasteiger partial charge is 0.302 e. The molecular weight excluding hydrogens is 294 g/mol. The molecule has 0 bridgehead atoms. The van der Waals surface area contributed by atoms with Crippen molar-refractivity contribution in [3.63, 3.8) is 0 Å². The highest BCUT2D eigenvalue weighted by atomic mass is 32.1. The molecule has 0 unspecified atom stereocenters. The van der Waals surface area contributed by atoms with Gasteiger partial charge in [0, 0.05) is 6.92 Å². The van der Waals surface area contributed by atoms with Gasteiger partial charge in [-0.2, -0.15) is 5.10 Å². The van der Waals surface area contributed by atoms with E-state index in [1.54, 1.807) is 24.4 Å². The Labute approximate surface area is 128 Å². The quantitative estimate of drug-likeness (QED) is 0.253. The monoisotopic (exact) mass is 311 g/mol. The summed E-state index contributed by atoms with van der Waals surface area (Å²) >= 11 is 4.63. The van der Waals surface area contributed by atoms with Crippen molar-refractivity contribution in [2.24, 2.45) is 10.8 Å². The highest BCUT2D eigenvalue weighted by Gasteiger charge is 2.05. The molecule has 1 aromatic rings. The molecule has 0 aliphatic carbocycles. The molecule has 1 rings (SSSR count). The zero-order chi connectivity index (χ0) is 15.7. The predicted molar refractivity (Wildman–Crippen MR) is 82.6 cm³/mol. The lowest BCUT2D eigenvalue weighted by Crippen LogP contribution is -2.23. The topological polar surface area (TPSA) is 95.2 Å². The number of hydrazone groups is 1. The van der Waals surface area contributed by atoms with Crippen LogP contribution in [0, 0.1) is 0 Å². The Bertz CT molecular complexity index is 534. The van der Waals surface area contributed by atoms with Crippen LogP contribution in [-0.2, 0) is 9.53 Å². The molecule has 0 heterocycles. The fourth-order valence-electron chi connectivity index (χ4n) is 1.39. The molecule has 21 heavy (non-hydrogen) atoms. The molecule has 0 saturated carbocycles. The maximum atomic E-state index is 10.6. The second-order valence-corrected chi connectivity index (χ2v) is 4.27. The highest BCUT2D eigenvalue weighted by Crippen LogP contribution is 2.27. The zero-order valence-corrected chi connectivity index (χ0v) is 12.6. The van der Waals surface area contributed by atoms with Gasteiger partial charge in [0.05, 0.1) is 13.3 Å². The third kappa shape index (κ3) is 6.57. The molecule has 0 aliphatic rings. The Balaban J connectivity index is 2.63. The van der Waals surface area contributed by atoms with Crippen LogP contribution in [0.3, 0.4) is 0 Å². The summed E-state index contributed by atoms with van der Waals surface area (Å²) in [6.45, 7) is 1.77. The van der Waals surface area contributed by atoms with Crippen molar-refractivity contribution >= 4 is 29.5 Å². The zero-order valence-electron chi connectivity index (χ0n) is 11.8. The number of esters is 1. The van der Waals surface area contributed by atoms with Gasteiger partial charge in [-0.25, -0.2) is 0 Å². The van der Waals surface area contributed by atoms with Gasteiger partial charge in [0.2, 0.25) is 0 Å². The first-order valence-corrected chi connectivity index (χ1v) is 6.46. The highest BCUT2D eigenvalue weighted by molar-refractivity contribution is 7.80. The normalized spacial score (nSPS) is 10.2. The number of thiocarbonyl (C=S) groups is 1. The lowest BCUT2D eigenvalue weighted by Gasteiger charge is -2.11. The third-order valence-corrected chi connectivity index (χ3v) is 2.31. The summed E-state index contributed by atoms with van der Waals surface area (Å²) in [5, 5.41) is 3.93. The number of benzene rings is 1. The van der Waals surface area contributed by atoms with Gasteiger partial charge in [-0.05, 0) is 36.0 Å². The minimum absolute atomic E-state index is 0.0867. The summed E-state index contributed by atoms with van der Waals surface area (Å²) in [6, 6.07) is 5.26. The number of nitrogens with zero attached hydrogens (tertiary/aromatic N) is 1. The van der Waals surface area contributed by atoms with Crippen LogP contribution in [0.15, 0.2) is 23.3 Å². The molecule has 3 N–H and O–H groups in total. The Morgan fingerprint density at radius 2 is 2.19 bits per heavy atom. The van der Waals surface area contributed by atoms with E-state index < -0.39 is 0 Å². The molecule has 0 atom stereocenters. The number of carbonyl (C=O) groups excluding carboxylic acids is 1. The summed E-state index contributed by atoms with van der Waals surface area (Å²) in [5.74, 6) is 0.739. The first-order chi connectivity index (χ1) is 10.0. The molecule has 0 aromatic heterocycles. The van der Waals surface area contributed by atoms with Crippen LogP contribution in [0.25, 0.3) is 0 Å². The van der Waals surface area contributed by atoms with Gasteiger partial charge in [-0.1, -0.05) is 0 Å². The van der Waals surface area contributed by atoms with E-state index >= 15 is 0 Å². The molecule has 0 amide bonds. The lowest BCUT2D eigenvalue weighted by molar-refractivity contribution is -0.141. The van der Waals surface area contributed by atoms with Crippen LogP contribution in [0.1, 0.15) is 12.5 Å². The Hall–Kier alpha value is -2.35. The van der Waals surface area contributed by atoms with Crippen LogP contribution < -0.4 is 20.6 Å². The van der Waals surface area contributed by atoms with E-state index in [2.05, 4.69) is 22.7 Å². The summed E-state index contributed by atoms with van der Waals surface area (Å²) in [4.78, 5) is 10.6. The van der Waals surface area contributed by atoms with Crippen molar-refractivity contribution in [2.75, 3.05) is 20.3 Å². The fraction of sp³-hybridized carbons (Fsp3) is 0.308. The second-order valence-electron chi connectivity index (χ2n) is 3.83. The van der Waals surface area contributed by atoms with E-state index in [9.17, 15) is 4.79 Å². The number of rotatable bonds is 7. The lowest BCUT2D eigenvalue weighted by atomic mass is 10.2. The largest absolute Gasteiger partial charge is 0.493 e. The fourth-order valence-corrected chi connectivity index (χ4v) is 1.44. The van der Waals surface area contributed by atoms with Crippen LogP contribution in [0.5, 0.6) is 11.5 Å². The summed E-state index contributed by atoms with van der Waals surface area (Å²) in [6.07, 6.45) is 1.55. The van der Waals surface area contributed by atoms with Crippen molar-refractivity contribution in [3.8, 4) is 11.5 Å². The standard InChI is InChI=1S/C13H17N3O4S/c1-9(17)19-5-6-20-11-4-3-10(7-12(11)18-2)8-15-16-13(14)21/h3-4,7-8H,5-6H2,1-2H3,(H3,14,16,21).